The van der Waals surface area contributed by atoms with Gasteiger partial charge < -0.3 is 20.1 Å². The van der Waals surface area contributed by atoms with Crippen molar-refractivity contribution in [2.75, 3.05) is 26.8 Å². The van der Waals surface area contributed by atoms with Crippen molar-refractivity contribution in [2.45, 2.75) is 46.1 Å². The Balaban J connectivity index is 2.01. The molecule has 6 nitrogen and oxygen atoms in total. The van der Waals surface area contributed by atoms with Gasteiger partial charge in [0.25, 0.3) is 0 Å². The van der Waals surface area contributed by atoms with Crippen LogP contribution in [0.2, 0.25) is 0 Å². The van der Waals surface area contributed by atoms with E-state index in [0.29, 0.717) is 26.1 Å². The molecule has 0 heterocycles. The molecule has 0 aliphatic heterocycles. The number of hydrogen-bond acceptors (Lipinski definition) is 4. The first-order chi connectivity index (χ1) is 12.5. The molecule has 0 saturated heterocycles. The highest BCUT2D eigenvalue weighted by atomic mass is 16.5. The predicted octanol–water partition coefficient (Wildman–Crippen LogP) is 3.26. The molecule has 1 aromatic rings. The molecule has 0 aliphatic carbocycles. The number of carbonyl (C=O) groups excluding carboxylic acids is 2. The second-order valence-electron chi connectivity index (χ2n) is 6.93. The Kier molecular flexibility index (Phi) is 10.4. The van der Waals surface area contributed by atoms with Crippen molar-refractivity contribution < 1.29 is 19.1 Å². The van der Waals surface area contributed by atoms with E-state index in [-0.39, 0.29) is 12.5 Å². The second-order valence-corrected chi connectivity index (χ2v) is 6.93. The number of methoxy groups -OCH3 is 1. The third kappa shape index (κ3) is 9.42. The van der Waals surface area contributed by atoms with Gasteiger partial charge in [-0.05, 0) is 31.2 Å². The molecular weight excluding hydrogens is 332 g/mol. The Morgan fingerprint density at radius 2 is 1.65 bits per heavy atom. The zero-order valence-electron chi connectivity index (χ0n) is 16.2. The van der Waals surface area contributed by atoms with Gasteiger partial charge in [-0.1, -0.05) is 44.2 Å². The summed E-state index contributed by atoms with van der Waals surface area (Å²) < 4.78 is 10.2. The number of unbranched alkanes of at least 4 members (excludes halogenated alkanes) is 2. The molecule has 2 amide bonds. The molecule has 2 N–H and O–H groups in total. The van der Waals surface area contributed by atoms with Crippen LogP contribution in [0.25, 0.3) is 0 Å². The molecule has 6 heteroatoms. The van der Waals surface area contributed by atoms with Crippen LogP contribution in [-0.4, -0.2) is 38.8 Å². The van der Waals surface area contributed by atoms with Gasteiger partial charge in [-0.3, -0.25) is 4.79 Å². The van der Waals surface area contributed by atoms with Crippen LogP contribution < -0.4 is 10.6 Å². The average Bonchev–Trinajstić information content (AvgIpc) is 2.64. The summed E-state index contributed by atoms with van der Waals surface area (Å²) in [5, 5.41) is 5.70. The van der Waals surface area contributed by atoms with Crippen LogP contribution in [0.5, 0.6) is 0 Å². The summed E-state index contributed by atoms with van der Waals surface area (Å²) in [5.41, 5.74) is 0.548. The highest BCUT2D eigenvalue weighted by Crippen LogP contribution is 2.20. The van der Waals surface area contributed by atoms with Crippen molar-refractivity contribution in [1.29, 1.82) is 0 Å². The number of benzene rings is 1. The van der Waals surface area contributed by atoms with Gasteiger partial charge in [0.2, 0.25) is 5.91 Å². The van der Waals surface area contributed by atoms with E-state index in [9.17, 15) is 9.59 Å². The number of ether oxygens (including phenoxy) is 2. The van der Waals surface area contributed by atoms with Gasteiger partial charge in [0.15, 0.2) is 0 Å². The topological polar surface area (TPSA) is 76.7 Å². The molecule has 0 saturated carbocycles. The lowest BCUT2D eigenvalue weighted by Crippen LogP contribution is -2.38. The number of rotatable bonds is 12. The zero-order chi connectivity index (χ0) is 19.3. The van der Waals surface area contributed by atoms with E-state index >= 15 is 0 Å². The number of hydrogen-bond donors (Lipinski definition) is 2. The van der Waals surface area contributed by atoms with E-state index in [4.69, 9.17) is 9.47 Å². The van der Waals surface area contributed by atoms with Gasteiger partial charge in [-0.25, -0.2) is 4.79 Å². The monoisotopic (exact) mass is 364 g/mol. The molecule has 0 fully saturated rings. The molecule has 0 spiro atoms. The van der Waals surface area contributed by atoms with Crippen LogP contribution in [0, 0.1) is 5.41 Å². The fourth-order valence-corrected chi connectivity index (χ4v) is 2.30. The molecule has 1 aromatic carbocycles. The Morgan fingerprint density at radius 3 is 2.31 bits per heavy atom. The van der Waals surface area contributed by atoms with Gasteiger partial charge in [-0.2, -0.15) is 0 Å². The van der Waals surface area contributed by atoms with E-state index in [1.807, 2.05) is 44.2 Å². The highest BCUT2D eigenvalue weighted by molar-refractivity contribution is 5.81. The van der Waals surface area contributed by atoms with E-state index in [2.05, 4.69) is 10.6 Å². The van der Waals surface area contributed by atoms with Gasteiger partial charge in [0.05, 0.1) is 0 Å². The van der Waals surface area contributed by atoms with Crippen molar-refractivity contribution in [3.63, 3.8) is 0 Å². The maximum absolute atomic E-state index is 12.1. The van der Waals surface area contributed by atoms with Crippen LogP contribution >= 0.6 is 0 Å². The molecule has 0 atom stereocenters. The number of carbonyl (C=O) groups is 2. The van der Waals surface area contributed by atoms with Gasteiger partial charge >= 0.3 is 6.09 Å². The van der Waals surface area contributed by atoms with Crippen molar-refractivity contribution in [3.8, 4) is 0 Å². The van der Waals surface area contributed by atoms with Crippen LogP contribution in [0.3, 0.4) is 0 Å². The Labute approximate surface area is 156 Å². The SMILES string of the molecule is COCCC(C)(C)C(=O)NCCCCCNC(=O)OCc1ccccc1. The molecule has 0 bridgehead atoms. The smallest absolute Gasteiger partial charge is 0.407 e. The summed E-state index contributed by atoms with van der Waals surface area (Å²) in [5.74, 6) is 0.0529. The summed E-state index contributed by atoms with van der Waals surface area (Å²) in [6, 6.07) is 9.57. The first-order valence-electron chi connectivity index (χ1n) is 9.17. The highest BCUT2D eigenvalue weighted by Gasteiger charge is 2.26. The summed E-state index contributed by atoms with van der Waals surface area (Å²) in [7, 11) is 1.64. The minimum absolute atomic E-state index is 0.0529. The maximum atomic E-state index is 12.1. The Bertz CT molecular complexity index is 532. The Hall–Kier alpha value is -2.08. The van der Waals surface area contributed by atoms with Crippen LogP contribution in [0.1, 0.15) is 45.1 Å². The molecule has 0 aromatic heterocycles. The van der Waals surface area contributed by atoms with Crippen molar-refractivity contribution in [3.05, 3.63) is 35.9 Å². The number of alkyl carbamates (subject to hydrolysis) is 1. The van der Waals surface area contributed by atoms with Crippen molar-refractivity contribution in [1.82, 2.24) is 10.6 Å². The lowest BCUT2D eigenvalue weighted by atomic mass is 9.88. The summed E-state index contributed by atoms with van der Waals surface area (Å²) in [6.45, 7) is 5.91. The molecular formula is C20H32N2O4. The number of amides is 2. The summed E-state index contributed by atoms with van der Waals surface area (Å²) >= 11 is 0. The molecule has 0 unspecified atom stereocenters. The van der Waals surface area contributed by atoms with E-state index in [1.165, 1.54) is 0 Å². The van der Waals surface area contributed by atoms with E-state index in [0.717, 1.165) is 24.8 Å². The van der Waals surface area contributed by atoms with Crippen molar-refractivity contribution in [2.24, 2.45) is 5.41 Å². The third-order valence-corrected chi connectivity index (χ3v) is 4.17. The Morgan fingerprint density at radius 1 is 1.00 bits per heavy atom. The van der Waals surface area contributed by atoms with Gasteiger partial charge in [0.1, 0.15) is 6.61 Å². The molecule has 26 heavy (non-hydrogen) atoms. The first kappa shape index (κ1) is 22.0. The first-order valence-corrected chi connectivity index (χ1v) is 9.17. The molecule has 146 valence electrons. The largest absolute Gasteiger partial charge is 0.445 e. The van der Waals surface area contributed by atoms with Gasteiger partial charge in [-0.15, -0.1) is 0 Å². The summed E-state index contributed by atoms with van der Waals surface area (Å²) in [4.78, 5) is 23.7. The minimum atomic E-state index is -0.417. The van der Waals surface area contributed by atoms with Crippen molar-refractivity contribution >= 4 is 12.0 Å². The molecule has 0 radical (unpaired) electrons. The van der Waals surface area contributed by atoms with Crippen LogP contribution in [0.4, 0.5) is 4.79 Å². The fourth-order valence-electron chi connectivity index (χ4n) is 2.30. The van der Waals surface area contributed by atoms with Crippen LogP contribution in [-0.2, 0) is 20.9 Å². The number of nitrogens with one attached hydrogen (secondary N) is 2. The fraction of sp³-hybridized carbons (Fsp3) is 0.600. The quantitative estimate of drug-likeness (QED) is 0.558. The zero-order valence-corrected chi connectivity index (χ0v) is 16.2. The third-order valence-electron chi connectivity index (χ3n) is 4.17. The minimum Gasteiger partial charge on any atom is -0.445 e. The lowest BCUT2D eigenvalue weighted by molar-refractivity contribution is -0.130. The van der Waals surface area contributed by atoms with Gasteiger partial charge in [0, 0.05) is 32.2 Å². The van der Waals surface area contributed by atoms with Crippen LogP contribution in [0.15, 0.2) is 30.3 Å². The maximum Gasteiger partial charge on any atom is 0.407 e. The lowest BCUT2D eigenvalue weighted by Gasteiger charge is -2.23. The van der Waals surface area contributed by atoms with E-state index in [1.54, 1.807) is 7.11 Å². The molecule has 1 rings (SSSR count). The summed E-state index contributed by atoms with van der Waals surface area (Å²) in [6.07, 6.45) is 2.96. The predicted molar refractivity (Wildman–Crippen MR) is 102 cm³/mol. The normalized spacial score (nSPS) is 11.0. The second kappa shape index (κ2) is 12.3. The molecule has 0 aliphatic rings. The standard InChI is InChI=1S/C20H32N2O4/c1-20(2,12-15-25-3)18(23)21-13-8-5-9-14-22-19(24)26-16-17-10-6-4-7-11-17/h4,6-7,10-11H,5,8-9,12-16H2,1-3H3,(H,21,23)(H,22,24). The van der Waals surface area contributed by atoms with E-state index < -0.39 is 11.5 Å². The average molecular weight is 364 g/mol.